The second-order valence-corrected chi connectivity index (χ2v) is 7.31. The van der Waals surface area contributed by atoms with E-state index < -0.39 is 6.17 Å². The third-order valence-corrected chi connectivity index (χ3v) is 5.24. The molecule has 1 N–H and O–H groups in total. The van der Waals surface area contributed by atoms with Gasteiger partial charge < -0.3 is 9.47 Å². The van der Waals surface area contributed by atoms with Crippen LogP contribution < -0.4 is 9.47 Å². The first-order valence-corrected chi connectivity index (χ1v) is 9.69. The van der Waals surface area contributed by atoms with E-state index in [0.29, 0.717) is 12.4 Å². The van der Waals surface area contributed by atoms with Gasteiger partial charge in [-0.05, 0) is 49.1 Å². The Labute approximate surface area is 158 Å². The first-order chi connectivity index (χ1) is 13.2. The molecule has 0 radical (unpaired) electrons. The maximum Gasteiger partial charge on any atom is 0.136 e. The lowest BCUT2D eigenvalue weighted by Crippen LogP contribution is -2.21. The average Bonchev–Trinajstić information content (AvgIpc) is 3.11. The lowest BCUT2D eigenvalue weighted by atomic mass is 9.99. The van der Waals surface area contributed by atoms with Crippen LogP contribution in [0.1, 0.15) is 32.6 Å². The Morgan fingerprint density at radius 2 is 1.93 bits per heavy atom. The molecule has 5 heteroatoms. The molecule has 4 rings (SSSR count). The maximum absolute atomic E-state index is 14.4. The highest BCUT2D eigenvalue weighted by Crippen LogP contribution is 2.31. The molecule has 4 bridgehead atoms. The van der Waals surface area contributed by atoms with Gasteiger partial charge in [-0.1, -0.05) is 31.9 Å². The summed E-state index contributed by atoms with van der Waals surface area (Å²) in [7, 11) is 0. The number of aromatic nitrogens is 2. The van der Waals surface area contributed by atoms with Crippen molar-refractivity contribution in [3.63, 3.8) is 0 Å². The standard InChI is InChI=1S/C22H25FN2O2/c1-15-6-3-2-4-11-26-17-8-5-7-16(12-17)22-19-13-18(27-14-20(15)23)9-10-21(19)24-25-22/h5,7-10,12-13,15,20H,2-4,6,11,14H2,1H3,(H,24,25)/t15-,20-/m1/s1. The van der Waals surface area contributed by atoms with E-state index in [9.17, 15) is 4.39 Å². The molecule has 2 aromatic carbocycles. The summed E-state index contributed by atoms with van der Waals surface area (Å²) in [6.07, 6.45) is 2.92. The fraction of sp³-hybridized carbons (Fsp3) is 0.409. The molecule has 27 heavy (non-hydrogen) atoms. The van der Waals surface area contributed by atoms with E-state index in [1.54, 1.807) is 0 Å². The monoisotopic (exact) mass is 368 g/mol. The van der Waals surface area contributed by atoms with E-state index >= 15 is 0 Å². The number of halogens is 1. The van der Waals surface area contributed by atoms with Crippen LogP contribution in [0.5, 0.6) is 11.5 Å². The molecular weight excluding hydrogens is 343 g/mol. The Kier molecular flexibility index (Phi) is 5.28. The van der Waals surface area contributed by atoms with Crippen LogP contribution in [-0.4, -0.2) is 29.6 Å². The van der Waals surface area contributed by atoms with Gasteiger partial charge in [0.1, 0.15) is 30.0 Å². The molecule has 4 nitrogen and oxygen atoms in total. The van der Waals surface area contributed by atoms with E-state index in [2.05, 4.69) is 10.2 Å². The molecule has 0 saturated carbocycles. The van der Waals surface area contributed by atoms with Crippen molar-refractivity contribution < 1.29 is 13.9 Å². The van der Waals surface area contributed by atoms with Gasteiger partial charge in [0.25, 0.3) is 0 Å². The van der Waals surface area contributed by atoms with Gasteiger partial charge in [-0.2, -0.15) is 5.10 Å². The van der Waals surface area contributed by atoms with Gasteiger partial charge in [0.05, 0.1) is 12.1 Å². The predicted octanol–water partition coefficient (Wildman–Crippen LogP) is 5.54. The van der Waals surface area contributed by atoms with Crippen LogP contribution in [0.2, 0.25) is 0 Å². The first-order valence-electron chi connectivity index (χ1n) is 9.69. The molecule has 0 unspecified atom stereocenters. The minimum Gasteiger partial charge on any atom is -0.494 e. The van der Waals surface area contributed by atoms with Crippen molar-refractivity contribution in [2.75, 3.05) is 13.2 Å². The smallest absolute Gasteiger partial charge is 0.136 e. The SMILES string of the molecule is C[C@@H]1CCCCCOc2cccc(c2)-c2n[nH]c3ccc(cc23)OC[C@H]1F. The minimum absolute atomic E-state index is 0.00942. The zero-order valence-electron chi connectivity index (χ0n) is 15.6. The summed E-state index contributed by atoms with van der Waals surface area (Å²) in [4.78, 5) is 0. The Balaban J connectivity index is 1.68. The van der Waals surface area contributed by atoms with E-state index in [0.717, 1.165) is 53.6 Å². The van der Waals surface area contributed by atoms with Gasteiger partial charge in [0.2, 0.25) is 0 Å². The van der Waals surface area contributed by atoms with Gasteiger partial charge in [0, 0.05) is 10.9 Å². The fourth-order valence-electron chi connectivity index (χ4n) is 3.49. The van der Waals surface area contributed by atoms with Crippen molar-refractivity contribution in [3.8, 4) is 22.8 Å². The topological polar surface area (TPSA) is 47.1 Å². The van der Waals surface area contributed by atoms with E-state index in [4.69, 9.17) is 9.47 Å². The Bertz CT molecular complexity index is 908. The van der Waals surface area contributed by atoms with Gasteiger partial charge in [0.15, 0.2) is 0 Å². The molecule has 0 fully saturated rings. The Hall–Kier alpha value is -2.56. The lowest BCUT2D eigenvalue weighted by molar-refractivity contribution is 0.141. The number of H-pyrrole nitrogens is 1. The number of ether oxygens (including phenoxy) is 2. The van der Waals surface area contributed by atoms with Crippen LogP contribution in [0.3, 0.4) is 0 Å². The summed E-state index contributed by atoms with van der Waals surface area (Å²) in [6.45, 7) is 2.71. The van der Waals surface area contributed by atoms with Gasteiger partial charge in [-0.15, -0.1) is 0 Å². The molecular formula is C22H25FN2O2. The highest BCUT2D eigenvalue weighted by atomic mass is 19.1. The molecule has 2 heterocycles. The number of hydrogen-bond donors (Lipinski definition) is 1. The third kappa shape index (κ3) is 4.07. The lowest BCUT2D eigenvalue weighted by Gasteiger charge is -2.17. The molecule has 0 saturated heterocycles. The number of nitrogens with one attached hydrogen (secondary N) is 1. The largest absolute Gasteiger partial charge is 0.494 e. The number of aromatic amines is 1. The average molecular weight is 368 g/mol. The normalized spacial score (nSPS) is 21.4. The number of benzene rings is 2. The van der Waals surface area contributed by atoms with Crippen molar-refractivity contribution in [2.24, 2.45) is 5.92 Å². The third-order valence-electron chi connectivity index (χ3n) is 5.24. The number of rotatable bonds is 0. The number of hydrogen-bond acceptors (Lipinski definition) is 3. The minimum atomic E-state index is -0.966. The van der Waals surface area contributed by atoms with Gasteiger partial charge >= 0.3 is 0 Å². The second kappa shape index (κ2) is 7.99. The zero-order valence-corrected chi connectivity index (χ0v) is 15.6. The Morgan fingerprint density at radius 3 is 2.85 bits per heavy atom. The van der Waals surface area contributed by atoms with Crippen molar-refractivity contribution in [1.29, 1.82) is 0 Å². The molecule has 0 aliphatic carbocycles. The Morgan fingerprint density at radius 1 is 1.04 bits per heavy atom. The van der Waals surface area contributed by atoms with Crippen molar-refractivity contribution >= 4 is 10.9 Å². The molecule has 0 amide bonds. The molecule has 1 aromatic heterocycles. The highest BCUT2D eigenvalue weighted by molar-refractivity contribution is 5.93. The molecule has 2 atom stereocenters. The summed E-state index contributed by atoms with van der Waals surface area (Å²) < 4.78 is 26.1. The summed E-state index contributed by atoms with van der Waals surface area (Å²) in [6, 6.07) is 13.7. The molecule has 142 valence electrons. The van der Waals surface area contributed by atoms with Crippen molar-refractivity contribution in [3.05, 3.63) is 42.5 Å². The quantitative estimate of drug-likeness (QED) is 0.567. The number of nitrogens with zero attached hydrogens (tertiary/aromatic N) is 1. The van der Waals surface area contributed by atoms with E-state index in [1.807, 2.05) is 49.4 Å². The van der Waals surface area contributed by atoms with Crippen LogP contribution in [0, 0.1) is 5.92 Å². The molecule has 1 aliphatic rings. The van der Waals surface area contributed by atoms with Crippen LogP contribution >= 0.6 is 0 Å². The summed E-state index contributed by atoms with van der Waals surface area (Å²) in [5, 5.41) is 8.48. The number of alkyl halides is 1. The van der Waals surface area contributed by atoms with E-state index in [-0.39, 0.29) is 12.5 Å². The fourth-order valence-corrected chi connectivity index (χ4v) is 3.49. The summed E-state index contributed by atoms with van der Waals surface area (Å²) >= 11 is 0. The van der Waals surface area contributed by atoms with Gasteiger partial charge in [-0.3, -0.25) is 5.10 Å². The van der Waals surface area contributed by atoms with Crippen LogP contribution in [0.25, 0.3) is 22.2 Å². The molecule has 1 aliphatic heterocycles. The molecule has 0 spiro atoms. The van der Waals surface area contributed by atoms with Crippen molar-refractivity contribution in [2.45, 2.75) is 38.8 Å². The number of fused-ring (bicyclic) bond motifs is 4. The van der Waals surface area contributed by atoms with Crippen LogP contribution in [0.4, 0.5) is 4.39 Å². The second-order valence-electron chi connectivity index (χ2n) is 7.31. The van der Waals surface area contributed by atoms with Crippen LogP contribution in [0.15, 0.2) is 42.5 Å². The summed E-state index contributed by atoms with van der Waals surface area (Å²) in [5.74, 6) is 1.50. The van der Waals surface area contributed by atoms with Crippen molar-refractivity contribution in [1.82, 2.24) is 10.2 Å². The van der Waals surface area contributed by atoms with E-state index in [1.165, 1.54) is 0 Å². The maximum atomic E-state index is 14.4. The highest BCUT2D eigenvalue weighted by Gasteiger charge is 2.18. The molecule has 3 aromatic rings. The van der Waals surface area contributed by atoms with Crippen LogP contribution in [-0.2, 0) is 0 Å². The first kappa shape index (κ1) is 17.8. The predicted molar refractivity (Wildman–Crippen MR) is 105 cm³/mol. The zero-order chi connectivity index (χ0) is 18.6. The summed E-state index contributed by atoms with van der Waals surface area (Å²) in [5.41, 5.74) is 2.75. The van der Waals surface area contributed by atoms with Gasteiger partial charge in [-0.25, -0.2) is 4.39 Å².